The van der Waals surface area contributed by atoms with Gasteiger partial charge in [-0.3, -0.25) is 0 Å². The van der Waals surface area contributed by atoms with Gasteiger partial charge in [0.05, 0.1) is 13.2 Å². The Kier molecular flexibility index (Phi) is 3.96. The molecule has 7 heteroatoms. The van der Waals surface area contributed by atoms with Crippen LogP contribution in [0.15, 0.2) is 0 Å². The number of hydrogen-bond donors (Lipinski definition) is 0. The zero-order chi connectivity index (χ0) is 12.3. The molecule has 0 N–H and O–H groups in total. The molecule has 94 valence electrons. The zero-order valence-corrected chi connectivity index (χ0v) is 10.6. The molecule has 0 aromatic carbocycles. The van der Waals surface area contributed by atoms with Crippen molar-refractivity contribution < 1.29 is 9.47 Å². The van der Waals surface area contributed by atoms with Gasteiger partial charge in [0.1, 0.15) is 6.10 Å². The first-order chi connectivity index (χ1) is 8.15. The third-order valence-electron chi connectivity index (χ3n) is 2.42. The molecule has 1 aromatic rings. The van der Waals surface area contributed by atoms with Crippen LogP contribution in [0.25, 0.3) is 0 Å². The third kappa shape index (κ3) is 3.41. The number of ether oxygens (including phenoxy) is 2. The first-order valence-corrected chi connectivity index (χ1v) is 5.86. The summed E-state index contributed by atoms with van der Waals surface area (Å²) in [5.74, 6) is 0.493. The molecule has 1 fully saturated rings. The molecule has 0 spiro atoms. The maximum atomic E-state index is 5.82. The van der Waals surface area contributed by atoms with Crippen molar-refractivity contribution in [3.05, 3.63) is 5.28 Å². The van der Waals surface area contributed by atoms with E-state index in [2.05, 4.69) is 15.0 Å². The Morgan fingerprint density at radius 1 is 1.24 bits per heavy atom. The maximum Gasteiger partial charge on any atom is 0.322 e. The Labute approximate surface area is 105 Å². The lowest BCUT2D eigenvalue weighted by atomic mass is 10.2. The van der Waals surface area contributed by atoms with E-state index in [1.165, 1.54) is 0 Å². The molecule has 0 amide bonds. The normalized spacial score (nSPS) is 16.9. The molecule has 17 heavy (non-hydrogen) atoms. The first kappa shape index (κ1) is 12.3. The third-order valence-corrected chi connectivity index (χ3v) is 2.59. The Bertz CT molecular complexity index is 383. The van der Waals surface area contributed by atoms with E-state index in [9.17, 15) is 0 Å². The second-order valence-corrected chi connectivity index (χ2v) is 4.35. The second-order valence-electron chi connectivity index (χ2n) is 4.01. The summed E-state index contributed by atoms with van der Waals surface area (Å²) >= 11 is 5.82. The van der Waals surface area contributed by atoms with E-state index in [0.29, 0.717) is 19.2 Å². The topological polar surface area (TPSA) is 60.4 Å². The van der Waals surface area contributed by atoms with E-state index in [-0.39, 0.29) is 17.4 Å². The average Bonchev–Trinajstić information content (AvgIpc) is 2.29. The summed E-state index contributed by atoms with van der Waals surface area (Å²) in [7, 11) is 3.67. The van der Waals surface area contributed by atoms with E-state index in [1.54, 1.807) is 4.90 Å². The largest absolute Gasteiger partial charge is 0.460 e. The highest BCUT2D eigenvalue weighted by molar-refractivity contribution is 6.28. The molecule has 0 bridgehead atoms. The van der Waals surface area contributed by atoms with Gasteiger partial charge >= 0.3 is 6.01 Å². The summed E-state index contributed by atoms with van der Waals surface area (Å²) in [5, 5.41) is 0.144. The number of hydrogen-bond acceptors (Lipinski definition) is 6. The van der Waals surface area contributed by atoms with Crippen molar-refractivity contribution in [3.8, 4) is 6.01 Å². The summed E-state index contributed by atoms with van der Waals surface area (Å²) < 4.78 is 10.9. The van der Waals surface area contributed by atoms with Gasteiger partial charge in [-0.1, -0.05) is 0 Å². The van der Waals surface area contributed by atoms with E-state index in [0.717, 1.165) is 12.8 Å². The minimum atomic E-state index is 0.0947. The first-order valence-electron chi connectivity index (χ1n) is 5.48. The van der Waals surface area contributed by atoms with Gasteiger partial charge in [0.25, 0.3) is 0 Å². The van der Waals surface area contributed by atoms with Crippen LogP contribution in [0.4, 0.5) is 5.95 Å². The highest BCUT2D eigenvalue weighted by atomic mass is 35.5. The van der Waals surface area contributed by atoms with E-state index >= 15 is 0 Å². The quantitative estimate of drug-likeness (QED) is 0.811. The lowest BCUT2D eigenvalue weighted by Crippen LogP contribution is -2.27. The molecule has 1 aliphatic rings. The summed E-state index contributed by atoms with van der Waals surface area (Å²) in [5.41, 5.74) is 0. The number of rotatable bonds is 3. The predicted molar refractivity (Wildman–Crippen MR) is 63.6 cm³/mol. The van der Waals surface area contributed by atoms with Crippen molar-refractivity contribution in [2.24, 2.45) is 0 Å². The molecular formula is C10H15ClN4O2. The van der Waals surface area contributed by atoms with Gasteiger partial charge in [0.15, 0.2) is 0 Å². The number of anilines is 1. The lowest BCUT2D eigenvalue weighted by molar-refractivity contribution is 0.0216. The molecule has 1 aliphatic heterocycles. The Morgan fingerprint density at radius 2 is 1.94 bits per heavy atom. The smallest absolute Gasteiger partial charge is 0.322 e. The van der Waals surface area contributed by atoms with Crippen LogP contribution < -0.4 is 9.64 Å². The molecule has 0 saturated carbocycles. The number of nitrogens with zero attached hydrogens (tertiary/aromatic N) is 4. The number of halogens is 1. The maximum absolute atomic E-state index is 5.82. The molecule has 0 unspecified atom stereocenters. The van der Waals surface area contributed by atoms with Crippen molar-refractivity contribution in [3.63, 3.8) is 0 Å². The van der Waals surface area contributed by atoms with Crippen LogP contribution >= 0.6 is 11.6 Å². The second kappa shape index (κ2) is 5.46. The van der Waals surface area contributed by atoms with E-state index < -0.39 is 0 Å². The molecule has 2 rings (SSSR count). The lowest BCUT2D eigenvalue weighted by Gasteiger charge is -2.22. The zero-order valence-electron chi connectivity index (χ0n) is 9.89. The minimum absolute atomic E-state index is 0.0947. The van der Waals surface area contributed by atoms with Crippen molar-refractivity contribution in [1.29, 1.82) is 0 Å². The van der Waals surface area contributed by atoms with Gasteiger partial charge in [0, 0.05) is 26.9 Å². The van der Waals surface area contributed by atoms with E-state index in [4.69, 9.17) is 21.1 Å². The van der Waals surface area contributed by atoms with Gasteiger partial charge in [-0.2, -0.15) is 15.0 Å². The van der Waals surface area contributed by atoms with Gasteiger partial charge in [0.2, 0.25) is 11.2 Å². The van der Waals surface area contributed by atoms with Crippen LogP contribution in [0.3, 0.4) is 0 Å². The highest BCUT2D eigenvalue weighted by Gasteiger charge is 2.17. The molecule has 0 atom stereocenters. The minimum Gasteiger partial charge on any atom is -0.460 e. The monoisotopic (exact) mass is 258 g/mol. The SMILES string of the molecule is CN(C)c1nc(Cl)nc(OC2CCOCC2)n1. The molecule has 1 aromatic heterocycles. The Hall–Kier alpha value is -1.14. The highest BCUT2D eigenvalue weighted by Crippen LogP contribution is 2.17. The van der Waals surface area contributed by atoms with Crippen LogP contribution in [-0.4, -0.2) is 48.4 Å². The molecular weight excluding hydrogens is 244 g/mol. The van der Waals surface area contributed by atoms with Crippen molar-refractivity contribution in [2.75, 3.05) is 32.2 Å². The fourth-order valence-corrected chi connectivity index (χ4v) is 1.67. The standard InChI is InChI=1S/C10H15ClN4O2/c1-15(2)9-12-8(11)13-10(14-9)17-7-3-5-16-6-4-7/h7H,3-6H2,1-2H3. The van der Waals surface area contributed by atoms with Crippen molar-refractivity contribution in [2.45, 2.75) is 18.9 Å². The molecule has 1 saturated heterocycles. The summed E-state index contributed by atoms with van der Waals surface area (Å²) in [6.07, 6.45) is 1.79. The van der Waals surface area contributed by atoms with Gasteiger partial charge in [-0.15, -0.1) is 0 Å². The summed E-state index contributed by atoms with van der Waals surface area (Å²) in [6.45, 7) is 1.42. The fraction of sp³-hybridized carbons (Fsp3) is 0.700. The summed E-state index contributed by atoms with van der Waals surface area (Å²) in [4.78, 5) is 13.9. The Morgan fingerprint density at radius 3 is 2.59 bits per heavy atom. The number of aromatic nitrogens is 3. The Balaban J connectivity index is 2.09. The van der Waals surface area contributed by atoms with Crippen LogP contribution in [0.2, 0.25) is 5.28 Å². The molecule has 0 aliphatic carbocycles. The van der Waals surface area contributed by atoms with Crippen molar-refractivity contribution >= 4 is 17.5 Å². The van der Waals surface area contributed by atoms with Crippen LogP contribution in [0, 0.1) is 0 Å². The fourth-order valence-electron chi connectivity index (χ4n) is 1.52. The average molecular weight is 259 g/mol. The van der Waals surface area contributed by atoms with Gasteiger partial charge in [-0.25, -0.2) is 0 Å². The molecule has 6 nitrogen and oxygen atoms in total. The van der Waals surface area contributed by atoms with Gasteiger partial charge < -0.3 is 14.4 Å². The van der Waals surface area contributed by atoms with Crippen molar-refractivity contribution in [1.82, 2.24) is 15.0 Å². The summed E-state index contributed by atoms with van der Waals surface area (Å²) in [6, 6.07) is 0.278. The molecule has 2 heterocycles. The van der Waals surface area contributed by atoms with Crippen LogP contribution in [0.1, 0.15) is 12.8 Å². The predicted octanol–water partition coefficient (Wildman–Crippen LogP) is 1.15. The van der Waals surface area contributed by atoms with Crippen LogP contribution in [-0.2, 0) is 4.74 Å². The van der Waals surface area contributed by atoms with Gasteiger partial charge in [-0.05, 0) is 11.6 Å². The van der Waals surface area contributed by atoms with Crippen LogP contribution in [0.5, 0.6) is 6.01 Å². The molecule has 0 radical (unpaired) electrons. The van der Waals surface area contributed by atoms with E-state index in [1.807, 2.05) is 14.1 Å².